The molecule has 0 aliphatic heterocycles. The van der Waals surface area contributed by atoms with E-state index >= 15 is 0 Å². The third-order valence-electron chi connectivity index (χ3n) is 5.75. The van der Waals surface area contributed by atoms with Crippen molar-refractivity contribution >= 4 is 45.6 Å². The van der Waals surface area contributed by atoms with E-state index in [1.165, 1.54) is 29.5 Å². The second kappa shape index (κ2) is 11.2. The summed E-state index contributed by atoms with van der Waals surface area (Å²) in [6.07, 6.45) is 7.26. The van der Waals surface area contributed by atoms with E-state index in [1.54, 1.807) is 11.3 Å². The van der Waals surface area contributed by atoms with E-state index in [2.05, 4.69) is 21.6 Å². The van der Waals surface area contributed by atoms with Crippen LogP contribution in [-0.2, 0) is 30.6 Å². The molecule has 1 aliphatic carbocycles. The van der Waals surface area contributed by atoms with Gasteiger partial charge in [-0.25, -0.2) is 0 Å². The van der Waals surface area contributed by atoms with E-state index in [9.17, 15) is 10.1 Å². The minimum atomic E-state index is -0.129. The number of nitrogens with one attached hydrogen (secondary N) is 1. The zero-order valence-electron chi connectivity index (χ0n) is 18.6. The number of thiophene rings is 1. The Kier molecular flexibility index (Phi) is 8.07. The van der Waals surface area contributed by atoms with Crippen molar-refractivity contribution in [2.45, 2.75) is 63.6 Å². The molecule has 2 aromatic heterocycles. The van der Waals surface area contributed by atoms with Crippen molar-refractivity contribution in [1.82, 2.24) is 14.8 Å². The molecular formula is C24H26ClN5OS2. The van der Waals surface area contributed by atoms with Gasteiger partial charge in [0.05, 0.1) is 11.3 Å². The lowest BCUT2D eigenvalue weighted by Crippen LogP contribution is -2.15. The average Bonchev–Trinajstić information content (AvgIpc) is 3.33. The molecule has 0 fully saturated rings. The van der Waals surface area contributed by atoms with E-state index in [0.29, 0.717) is 22.0 Å². The van der Waals surface area contributed by atoms with Gasteiger partial charge in [0.15, 0.2) is 5.16 Å². The molecule has 0 saturated carbocycles. The summed E-state index contributed by atoms with van der Waals surface area (Å²) in [5, 5.41) is 23.5. The molecule has 1 N–H and O–H groups in total. The molecule has 2 heterocycles. The molecule has 0 bridgehead atoms. The van der Waals surface area contributed by atoms with Gasteiger partial charge in [0.25, 0.3) is 0 Å². The SMILES string of the molecule is CCn1c(Cc2ccc(Cl)cc2)nnc1SCC(=O)Nc1sc2c(c1C#N)CCCCCC2. The van der Waals surface area contributed by atoms with Gasteiger partial charge in [-0.1, -0.05) is 48.3 Å². The van der Waals surface area contributed by atoms with Crippen LogP contribution >= 0.6 is 34.7 Å². The molecule has 3 aromatic rings. The zero-order chi connectivity index (χ0) is 23.2. The smallest absolute Gasteiger partial charge is 0.235 e. The number of nitrogens with zero attached hydrogens (tertiary/aromatic N) is 4. The second-order valence-corrected chi connectivity index (χ2v) is 10.5. The third-order valence-corrected chi connectivity index (χ3v) is 8.18. The first-order valence-corrected chi connectivity index (χ1v) is 13.4. The first-order valence-electron chi connectivity index (χ1n) is 11.2. The summed E-state index contributed by atoms with van der Waals surface area (Å²) in [5.41, 5.74) is 2.90. The van der Waals surface area contributed by atoms with Crippen LogP contribution in [0.1, 0.15) is 60.0 Å². The number of rotatable bonds is 7. The number of carbonyl (C=O) groups excluding carboxylic acids is 1. The third kappa shape index (κ3) is 5.78. The van der Waals surface area contributed by atoms with Crippen molar-refractivity contribution in [2.75, 3.05) is 11.1 Å². The molecule has 4 rings (SSSR count). The fourth-order valence-corrected chi connectivity index (χ4v) is 6.28. The standard InChI is InChI=1S/C24H26ClN5OS2/c1-2-30-21(13-16-9-11-17(25)12-10-16)28-29-24(30)32-15-22(31)27-23-19(14-26)18-7-5-3-4-6-8-20(18)33-23/h9-12H,2-8,13,15H2,1H3,(H,27,31). The van der Waals surface area contributed by atoms with Gasteiger partial charge in [0.2, 0.25) is 5.91 Å². The van der Waals surface area contributed by atoms with Crippen molar-refractivity contribution < 1.29 is 4.79 Å². The fraction of sp³-hybridized carbons (Fsp3) is 0.417. The van der Waals surface area contributed by atoms with Crippen LogP contribution in [0.15, 0.2) is 29.4 Å². The highest BCUT2D eigenvalue weighted by Crippen LogP contribution is 2.36. The van der Waals surface area contributed by atoms with Gasteiger partial charge in [0, 0.05) is 22.9 Å². The van der Waals surface area contributed by atoms with Gasteiger partial charge in [0.1, 0.15) is 16.9 Å². The summed E-state index contributed by atoms with van der Waals surface area (Å²) >= 11 is 8.91. The van der Waals surface area contributed by atoms with Crippen LogP contribution in [0.4, 0.5) is 5.00 Å². The summed E-state index contributed by atoms with van der Waals surface area (Å²) in [6.45, 7) is 2.76. The average molecular weight is 500 g/mol. The van der Waals surface area contributed by atoms with Gasteiger partial charge in [-0.15, -0.1) is 21.5 Å². The van der Waals surface area contributed by atoms with Crippen molar-refractivity contribution in [3.05, 3.63) is 56.7 Å². The number of thioether (sulfide) groups is 1. The normalized spacial score (nSPS) is 13.6. The summed E-state index contributed by atoms with van der Waals surface area (Å²) in [5.74, 6) is 0.940. The number of amides is 1. The quantitative estimate of drug-likeness (QED) is 0.411. The number of hydrogen-bond acceptors (Lipinski definition) is 6. The molecule has 1 aromatic carbocycles. The largest absolute Gasteiger partial charge is 0.316 e. The number of hydrogen-bond donors (Lipinski definition) is 1. The van der Waals surface area contributed by atoms with Crippen molar-refractivity contribution in [3.8, 4) is 6.07 Å². The Morgan fingerprint density at radius 3 is 2.70 bits per heavy atom. The maximum atomic E-state index is 12.7. The van der Waals surface area contributed by atoms with Crippen molar-refractivity contribution in [1.29, 1.82) is 5.26 Å². The molecule has 9 heteroatoms. The van der Waals surface area contributed by atoms with Crippen LogP contribution < -0.4 is 5.32 Å². The summed E-state index contributed by atoms with van der Waals surface area (Å²) in [6, 6.07) is 10.0. The van der Waals surface area contributed by atoms with E-state index in [1.807, 2.05) is 35.8 Å². The predicted molar refractivity (Wildman–Crippen MR) is 134 cm³/mol. The van der Waals surface area contributed by atoms with E-state index < -0.39 is 0 Å². The number of aromatic nitrogens is 3. The predicted octanol–water partition coefficient (Wildman–Crippen LogP) is 5.87. The van der Waals surface area contributed by atoms with Crippen LogP contribution in [0.2, 0.25) is 5.02 Å². The van der Waals surface area contributed by atoms with Gasteiger partial charge in [-0.3, -0.25) is 4.79 Å². The molecule has 0 radical (unpaired) electrons. The van der Waals surface area contributed by atoms with E-state index in [-0.39, 0.29) is 11.7 Å². The van der Waals surface area contributed by atoms with Crippen LogP contribution in [-0.4, -0.2) is 26.4 Å². The topological polar surface area (TPSA) is 83.6 Å². The lowest BCUT2D eigenvalue weighted by molar-refractivity contribution is -0.113. The summed E-state index contributed by atoms with van der Waals surface area (Å²) < 4.78 is 2.03. The Bertz CT molecular complexity index is 1160. The number of benzene rings is 1. The Labute approximate surface area is 207 Å². The number of fused-ring (bicyclic) bond motifs is 1. The highest BCUT2D eigenvalue weighted by molar-refractivity contribution is 7.99. The molecule has 0 atom stereocenters. The first-order chi connectivity index (χ1) is 16.1. The molecule has 0 saturated heterocycles. The Morgan fingerprint density at radius 2 is 1.97 bits per heavy atom. The number of anilines is 1. The molecule has 1 amide bonds. The van der Waals surface area contributed by atoms with Crippen LogP contribution in [0.3, 0.4) is 0 Å². The van der Waals surface area contributed by atoms with Gasteiger partial charge in [-0.05, 0) is 55.9 Å². The maximum absolute atomic E-state index is 12.7. The lowest BCUT2D eigenvalue weighted by atomic mass is 9.97. The molecule has 6 nitrogen and oxygen atoms in total. The monoisotopic (exact) mass is 499 g/mol. The lowest BCUT2D eigenvalue weighted by Gasteiger charge is -2.09. The fourth-order valence-electron chi connectivity index (χ4n) is 4.08. The Balaban J connectivity index is 1.41. The van der Waals surface area contributed by atoms with Crippen LogP contribution in [0.5, 0.6) is 0 Å². The van der Waals surface area contributed by atoms with Crippen molar-refractivity contribution in [2.24, 2.45) is 0 Å². The number of nitriles is 1. The highest BCUT2D eigenvalue weighted by atomic mass is 35.5. The van der Waals surface area contributed by atoms with Gasteiger partial charge < -0.3 is 9.88 Å². The number of halogens is 1. The van der Waals surface area contributed by atoms with E-state index in [4.69, 9.17) is 11.6 Å². The van der Waals surface area contributed by atoms with Crippen LogP contribution in [0.25, 0.3) is 0 Å². The first kappa shape index (κ1) is 23.8. The van der Waals surface area contributed by atoms with Gasteiger partial charge in [-0.2, -0.15) is 5.26 Å². The minimum Gasteiger partial charge on any atom is -0.316 e. The molecular weight excluding hydrogens is 474 g/mol. The maximum Gasteiger partial charge on any atom is 0.235 e. The van der Waals surface area contributed by atoms with E-state index in [0.717, 1.165) is 54.3 Å². The number of aryl methyl sites for hydroxylation is 1. The summed E-state index contributed by atoms with van der Waals surface area (Å²) in [4.78, 5) is 14.0. The Hall–Kier alpha value is -2.34. The molecule has 33 heavy (non-hydrogen) atoms. The molecule has 1 aliphatic rings. The zero-order valence-corrected chi connectivity index (χ0v) is 21.0. The molecule has 172 valence electrons. The Morgan fingerprint density at radius 1 is 1.21 bits per heavy atom. The number of carbonyl (C=O) groups is 1. The van der Waals surface area contributed by atoms with Gasteiger partial charge >= 0.3 is 0 Å². The molecule has 0 spiro atoms. The van der Waals surface area contributed by atoms with Crippen molar-refractivity contribution in [3.63, 3.8) is 0 Å². The summed E-state index contributed by atoms with van der Waals surface area (Å²) in [7, 11) is 0. The second-order valence-electron chi connectivity index (χ2n) is 8.02. The molecule has 0 unspecified atom stereocenters. The highest BCUT2D eigenvalue weighted by Gasteiger charge is 2.21. The van der Waals surface area contributed by atoms with Crippen LogP contribution in [0, 0.1) is 11.3 Å². The minimum absolute atomic E-state index is 0.129.